The fourth-order valence-electron chi connectivity index (χ4n) is 2.83. The van der Waals surface area contributed by atoms with Gasteiger partial charge in [0.15, 0.2) is 0 Å². The number of amides is 2. The summed E-state index contributed by atoms with van der Waals surface area (Å²) >= 11 is 0. The molecule has 2 amide bonds. The quantitative estimate of drug-likeness (QED) is 0.631. The number of hydrogen-bond donors (Lipinski definition) is 2. The Hall–Kier alpha value is -2.76. The Kier molecular flexibility index (Phi) is 5.73. The third-order valence-corrected chi connectivity index (χ3v) is 7.17. The Labute approximate surface area is 168 Å². The summed E-state index contributed by atoms with van der Waals surface area (Å²) in [6, 6.07) is 10.6. The van der Waals surface area contributed by atoms with Crippen molar-refractivity contribution in [2.24, 2.45) is 0 Å². The number of carbonyl (C=O) groups is 2. The second-order valence-electron chi connectivity index (χ2n) is 6.25. The lowest BCUT2D eigenvalue weighted by molar-refractivity contribution is -0.121. The Morgan fingerprint density at radius 3 is 1.79 bits per heavy atom. The van der Waals surface area contributed by atoms with Crippen LogP contribution in [0.2, 0.25) is 0 Å². The summed E-state index contributed by atoms with van der Waals surface area (Å²) in [5.74, 6) is -0.646. The fraction of sp³-hybridized carbons (Fsp3) is 0.222. The molecule has 29 heavy (non-hydrogen) atoms. The van der Waals surface area contributed by atoms with Crippen molar-refractivity contribution in [3.63, 3.8) is 0 Å². The number of imide groups is 1. The lowest BCUT2D eigenvalue weighted by atomic mass is 10.3. The minimum Gasteiger partial charge on any atom is -0.280 e. The van der Waals surface area contributed by atoms with Crippen LogP contribution in [0, 0.1) is 0 Å². The lowest BCUT2D eigenvalue weighted by Crippen LogP contribution is -2.28. The molecular formula is C18H19N3O6S2. The van der Waals surface area contributed by atoms with E-state index in [1.807, 2.05) is 0 Å². The van der Waals surface area contributed by atoms with Crippen molar-refractivity contribution in [3.8, 4) is 0 Å². The molecule has 0 spiro atoms. The van der Waals surface area contributed by atoms with Gasteiger partial charge < -0.3 is 0 Å². The molecule has 0 aliphatic carbocycles. The van der Waals surface area contributed by atoms with E-state index in [4.69, 9.17) is 0 Å². The van der Waals surface area contributed by atoms with Gasteiger partial charge >= 0.3 is 0 Å². The highest BCUT2D eigenvalue weighted by Crippen LogP contribution is 2.25. The molecule has 154 valence electrons. The summed E-state index contributed by atoms with van der Waals surface area (Å²) in [5, 5.41) is 0. The van der Waals surface area contributed by atoms with Crippen molar-refractivity contribution in [2.75, 3.05) is 16.2 Å². The third-order valence-electron chi connectivity index (χ3n) is 4.21. The van der Waals surface area contributed by atoms with Gasteiger partial charge in [-0.25, -0.2) is 21.6 Å². The summed E-state index contributed by atoms with van der Waals surface area (Å²) in [5.41, 5.74) is 0.504. The molecule has 11 heteroatoms. The molecule has 1 aliphatic heterocycles. The zero-order valence-electron chi connectivity index (χ0n) is 15.5. The fourth-order valence-corrected chi connectivity index (χ4v) is 4.93. The van der Waals surface area contributed by atoms with Gasteiger partial charge in [0, 0.05) is 25.1 Å². The summed E-state index contributed by atoms with van der Waals surface area (Å²) in [7, 11) is -7.57. The van der Waals surface area contributed by atoms with Gasteiger partial charge in [0.1, 0.15) is 0 Å². The van der Waals surface area contributed by atoms with Gasteiger partial charge in [-0.2, -0.15) is 0 Å². The molecule has 2 aromatic carbocycles. The molecular weight excluding hydrogens is 418 g/mol. The highest BCUT2D eigenvalue weighted by atomic mass is 32.2. The van der Waals surface area contributed by atoms with Crippen molar-refractivity contribution in [1.82, 2.24) is 4.72 Å². The van der Waals surface area contributed by atoms with E-state index in [2.05, 4.69) is 9.44 Å². The Balaban J connectivity index is 1.77. The first-order valence-corrected chi connectivity index (χ1v) is 11.7. The van der Waals surface area contributed by atoms with Gasteiger partial charge in [-0.15, -0.1) is 0 Å². The van der Waals surface area contributed by atoms with Crippen LogP contribution < -0.4 is 14.3 Å². The first kappa shape index (κ1) is 21.0. The van der Waals surface area contributed by atoms with Gasteiger partial charge in [-0.05, 0) is 48.5 Å². The van der Waals surface area contributed by atoms with Gasteiger partial charge in [-0.1, -0.05) is 6.92 Å². The number of nitrogens with zero attached hydrogens (tertiary/aromatic N) is 1. The minimum atomic E-state index is -3.94. The van der Waals surface area contributed by atoms with Crippen LogP contribution in [0.3, 0.4) is 0 Å². The number of sulfonamides is 2. The molecule has 0 atom stereocenters. The Bertz CT molecular complexity index is 1130. The van der Waals surface area contributed by atoms with E-state index < -0.39 is 20.0 Å². The van der Waals surface area contributed by atoms with Crippen LogP contribution in [-0.2, 0) is 29.6 Å². The monoisotopic (exact) mass is 437 g/mol. The average molecular weight is 437 g/mol. The molecule has 0 aromatic heterocycles. The van der Waals surface area contributed by atoms with Crippen molar-refractivity contribution >= 4 is 43.2 Å². The van der Waals surface area contributed by atoms with Crippen LogP contribution in [0.5, 0.6) is 0 Å². The second-order valence-corrected chi connectivity index (χ2v) is 9.70. The van der Waals surface area contributed by atoms with Crippen molar-refractivity contribution in [1.29, 1.82) is 0 Å². The molecule has 1 aliphatic rings. The smallest absolute Gasteiger partial charge is 0.261 e. The number of anilines is 2. The normalized spacial score (nSPS) is 15.0. The highest BCUT2D eigenvalue weighted by molar-refractivity contribution is 7.92. The molecule has 3 rings (SSSR count). The zero-order valence-corrected chi connectivity index (χ0v) is 17.1. The largest absolute Gasteiger partial charge is 0.280 e. The standard InChI is InChI=1S/C18H19N3O6S2/c1-2-19-28(24,25)15-7-3-13(4-8-15)20-29(26,27)16-9-5-14(6-10-16)21-17(22)11-12-18(21)23/h3-10,19-20H,2,11-12H2,1H3. The molecule has 1 saturated heterocycles. The van der Waals surface area contributed by atoms with E-state index in [9.17, 15) is 26.4 Å². The molecule has 0 saturated carbocycles. The summed E-state index contributed by atoms with van der Waals surface area (Å²) in [6.45, 7) is 1.89. The van der Waals surface area contributed by atoms with Crippen molar-refractivity contribution < 1.29 is 26.4 Å². The van der Waals surface area contributed by atoms with Gasteiger partial charge in [0.2, 0.25) is 21.8 Å². The van der Waals surface area contributed by atoms with E-state index >= 15 is 0 Å². The molecule has 0 radical (unpaired) electrons. The van der Waals surface area contributed by atoms with Gasteiger partial charge in [0.05, 0.1) is 15.5 Å². The number of carbonyl (C=O) groups excluding carboxylic acids is 2. The van der Waals surface area contributed by atoms with Crippen molar-refractivity contribution in [2.45, 2.75) is 29.6 Å². The summed E-state index contributed by atoms with van der Waals surface area (Å²) in [4.78, 5) is 24.5. The van der Waals surface area contributed by atoms with Gasteiger partial charge in [0.25, 0.3) is 10.0 Å². The molecule has 0 bridgehead atoms. The maximum absolute atomic E-state index is 12.6. The van der Waals surface area contributed by atoms with E-state index in [0.717, 1.165) is 4.90 Å². The lowest BCUT2D eigenvalue weighted by Gasteiger charge is -2.14. The molecule has 1 fully saturated rings. The number of rotatable bonds is 7. The average Bonchev–Trinajstić information content (AvgIpc) is 3.00. The zero-order chi connectivity index (χ0) is 21.2. The number of benzene rings is 2. The minimum absolute atomic E-state index is 0.0200. The van der Waals surface area contributed by atoms with Crippen LogP contribution in [0.4, 0.5) is 11.4 Å². The van der Waals surface area contributed by atoms with E-state index in [-0.39, 0.29) is 46.7 Å². The number of nitrogens with one attached hydrogen (secondary N) is 2. The first-order chi connectivity index (χ1) is 13.6. The molecule has 1 heterocycles. The molecule has 0 unspecified atom stereocenters. The maximum atomic E-state index is 12.6. The van der Waals surface area contributed by atoms with Crippen molar-refractivity contribution in [3.05, 3.63) is 48.5 Å². The predicted molar refractivity (Wildman–Crippen MR) is 106 cm³/mol. The van der Waals surface area contributed by atoms with Crippen LogP contribution in [-0.4, -0.2) is 35.2 Å². The third kappa shape index (κ3) is 4.47. The second kappa shape index (κ2) is 7.93. The van der Waals surface area contributed by atoms with Crippen LogP contribution >= 0.6 is 0 Å². The summed E-state index contributed by atoms with van der Waals surface area (Å²) in [6.07, 6.45) is 0.278. The highest BCUT2D eigenvalue weighted by Gasteiger charge is 2.30. The first-order valence-electron chi connectivity index (χ1n) is 8.72. The van der Waals surface area contributed by atoms with Crippen LogP contribution in [0.25, 0.3) is 0 Å². The topological polar surface area (TPSA) is 130 Å². The van der Waals surface area contributed by atoms with E-state index in [0.29, 0.717) is 5.69 Å². The van der Waals surface area contributed by atoms with Crippen LogP contribution in [0.1, 0.15) is 19.8 Å². The molecule has 9 nitrogen and oxygen atoms in total. The SMILES string of the molecule is CCNS(=O)(=O)c1ccc(NS(=O)(=O)c2ccc(N3C(=O)CCC3=O)cc2)cc1. The Morgan fingerprint density at radius 2 is 1.28 bits per heavy atom. The predicted octanol–water partition coefficient (Wildman–Crippen LogP) is 1.44. The van der Waals surface area contributed by atoms with E-state index in [1.54, 1.807) is 6.92 Å². The molecule has 2 aromatic rings. The Morgan fingerprint density at radius 1 is 0.793 bits per heavy atom. The molecule has 2 N–H and O–H groups in total. The maximum Gasteiger partial charge on any atom is 0.261 e. The summed E-state index contributed by atoms with van der Waals surface area (Å²) < 4.78 is 53.7. The van der Waals surface area contributed by atoms with E-state index in [1.165, 1.54) is 48.5 Å². The van der Waals surface area contributed by atoms with Crippen LogP contribution in [0.15, 0.2) is 58.3 Å². The number of hydrogen-bond acceptors (Lipinski definition) is 6. The van der Waals surface area contributed by atoms with Gasteiger partial charge in [-0.3, -0.25) is 19.2 Å².